The van der Waals surface area contributed by atoms with Gasteiger partial charge in [0.15, 0.2) is 5.67 Å². The first kappa shape index (κ1) is 10.7. The lowest BCUT2D eigenvalue weighted by molar-refractivity contribution is 0.0954. The highest BCUT2D eigenvalue weighted by Gasteiger charge is 2.37. The quantitative estimate of drug-likeness (QED) is 0.824. The van der Waals surface area contributed by atoms with Gasteiger partial charge in [0.1, 0.15) is 17.2 Å². The Hall–Kier alpha value is -1.42. The standard InChI is InChI=1S/C13H13F2NO/c14-10-2-3-11-9(6-10)7-12(17-11)13(15)4-1-5-16-8-13/h2-3,6-7,16H,1,4-5,8H2. The summed E-state index contributed by atoms with van der Waals surface area (Å²) in [6, 6.07) is 5.82. The molecule has 1 aromatic heterocycles. The Labute approximate surface area is 97.6 Å². The number of furan rings is 1. The predicted octanol–water partition coefficient (Wildman–Crippen LogP) is 3.12. The van der Waals surface area contributed by atoms with Crippen LogP contribution in [0.1, 0.15) is 18.6 Å². The summed E-state index contributed by atoms with van der Waals surface area (Å²) in [4.78, 5) is 0. The highest BCUT2D eigenvalue weighted by atomic mass is 19.1. The fourth-order valence-electron chi connectivity index (χ4n) is 2.31. The second kappa shape index (κ2) is 3.81. The number of hydrogen-bond donors (Lipinski definition) is 1. The van der Waals surface area contributed by atoms with E-state index in [1.807, 2.05) is 0 Å². The number of halogens is 2. The van der Waals surface area contributed by atoms with Crippen LogP contribution in [0.3, 0.4) is 0 Å². The number of nitrogens with one attached hydrogen (secondary N) is 1. The van der Waals surface area contributed by atoms with Gasteiger partial charge in [-0.3, -0.25) is 0 Å². The van der Waals surface area contributed by atoms with Crippen LogP contribution in [-0.2, 0) is 5.67 Å². The molecule has 1 atom stereocenters. The molecule has 17 heavy (non-hydrogen) atoms. The number of hydrogen-bond acceptors (Lipinski definition) is 2. The van der Waals surface area contributed by atoms with Crippen LogP contribution in [0.25, 0.3) is 11.0 Å². The minimum absolute atomic E-state index is 0.259. The molecule has 1 aliphatic heterocycles. The SMILES string of the molecule is Fc1ccc2oc(C3(F)CCCNC3)cc2c1. The maximum absolute atomic E-state index is 14.6. The Morgan fingerprint density at radius 2 is 2.18 bits per heavy atom. The predicted molar refractivity (Wildman–Crippen MR) is 61.1 cm³/mol. The number of rotatable bonds is 1. The smallest absolute Gasteiger partial charge is 0.180 e. The minimum atomic E-state index is -1.46. The number of fused-ring (bicyclic) bond motifs is 1. The maximum Gasteiger partial charge on any atom is 0.180 e. The average molecular weight is 237 g/mol. The Morgan fingerprint density at radius 3 is 2.94 bits per heavy atom. The molecule has 0 bridgehead atoms. The molecular formula is C13H13F2NO. The Balaban J connectivity index is 2.05. The van der Waals surface area contributed by atoms with Gasteiger partial charge in [-0.15, -0.1) is 0 Å². The van der Waals surface area contributed by atoms with Gasteiger partial charge in [0, 0.05) is 11.9 Å². The van der Waals surface area contributed by atoms with Crippen molar-refractivity contribution in [3.05, 3.63) is 35.8 Å². The lowest BCUT2D eigenvalue weighted by Gasteiger charge is -2.27. The first-order valence-corrected chi connectivity index (χ1v) is 5.77. The van der Waals surface area contributed by atoms with Gasteiger partial charge in [0.2, 0.25) is 0 Å². The van der Waals surface area contributed by atoms with Crippen molar-refractivity contribution >= 4 is 11.0 Å². The fourth-order valence-corrected chi connectivity index (χ4v) is 2.31. The molecule has 0 spiro atoms. The summed E-state index contributed by atoms with van der Waals surface area (Å²) in [6.07, 6.45) is 1.23. The summed E-state index contributed by atoms with van der Waals surface area (Å²) >= 11 is 0. The van der Waals surface area contributed by atoms with E-state index in [0.717, 1.165) is 13.0 Å². The van der Waals surface area contributed by atoms with E-state index in [1.165, 1.54) is 18.2 Å². The third-order valence-electron chi connectivity index (χ3n) is 3.25. The van der Waals surface area contributed by atoms with E-state index in [9.17, 15) is 8.78 Å². The Morgan fingerprint density at radius 1 is 1.29 bits per heavy atom. The van der Waals surface area contributed by atoms with Gasteiger partial charge in [-0.25, -0.2) is 8.78 Å². The van der Waals surface area contributed by atoms with Crippen molar-refractivity contribution < 1.29 is 13.2 Å². The van der Waals surface area contributed by atoms with E-state index in [2.05, 4.69) is 5.32 Å². The molecule has 1 aliphatic rings. The van der Waals surface area contributed by atoms with Crippen LogP contribution in [0.15, 0.2) is 28.7 Å². The van der Waals surface area contributed by atoms with Crippen LogP contribution in [-0.4, -0.2) is 13.1 Å². The van der Waals surface area contributed by atoms with Crippen molar-refractivity contribution in [2.75, 3.05) is 13.1 Å². The van der Waals surface area contributed by atoms with Crippen LogP contribution in [0.4, 0.5) is 8.78 Å². The molecule has 1 N–H and O–H groups in total. The van der Waals surface area contributed by atoms with Crippen LogP contribution < -0.4 is 5.32 Å². The largest absolute Gasteiger partial charge is 0.458 e. The van der Waals surface area contributed by atoms with Crippen molar-refractivity contribution in [1.29, 1.82) is 0 Å². The summed E-state index contributed by atoms with van der Waals surface area (Å²) in [5, 5.41) is 3.63. The molecule has 0 saturated carbocycles. The summed E-state index contributed by atoms with van der Waals surface area (Å²) in [5.74, 6) is -0.0372. The van der Waals surface area contributed by atoms with E-state index in [1.54, 1.807) is 6.07 Å². The minimum Gasteiger partial charge on any atom is -0.458 e. The zero-order valence-corrected chi connectivity index (χ0v) is 9.30. The van der Waals surface area contributed by atoms with E-state index < -0.39 is 5.67 Å². The molecule has 1 aromatic carbocycles. The molecule has 2 nitrogen and oxygen atoms in total. The van der Waals surface area contributed by atoms with Crippen LogP contribution in [0.2, 0.25) is 0 Å². The van der Waals surface area contributed by atoms with Gasteiger partial charge in [-0.1, -0.05) is 0 Å². The molecule has 1 saturated heterocycles. The molecule has 4 heteroatoms. The summed E-state index contributed by atoms with van der Waals surface area (Å²) in [5.41, 5.74) is -0.933. The van der Waals surface area contributed by atoms with E-state index in [4.69, 9.17) is 4.42 Å². The molecule has 0 radical (unpaired) electrons. The first-order valence-electron chi connectivity index (χ1n) is 5.77. The van der Waals surface area contributed by atoms with Crippen LogP contribution >= 0.6 is 0 Å². The van der Waals surface area contributed by atoms with Crippen molar-refractivity contribution in [2.45, 2.75) is 18.5 Å². The van der Waals surface area contributed by atoms with Crippen molar-refractivity contribution in [2.24, 2.45) is 0 Å². The second-order valence-electron chi connectivity index (χ2n) is 4.54. The molecule has 3 rings (SSSR count). The number of piperidine rings is 1. The fraction of sp³-hybridized carbons (Fsp3) is 0.385. The van der Waals surface area contributed by atoms with Crippen LogP contribution in [0, 0.1) is 5.82 Å². The van der Waals surface area contributed by atoms with E-state index in [-0.39, 0.29) is 12.4 Å². The number of alkyl halides is 1. The van der Waals surface area contributed by atoms with Gasteiger partial charge in [-0.05, 0) is 43.7 Å². The van der Waals surface area contributed by atoms with E-state index in [0.29, 0.717) is 23.2 Å². The molecule has 1 unspecified atom stereocenters. The Kier molecular flexibility index (Phi) is 2.40. The summed E-state index contributed by atoms with van der Waals surface area (Å²) < 4.78 is 33.1. The Bertz CT molecular complexity index is 543. The topological polar surface area (TPSA) is 25.2 Å². The van der Waals surface area contributed by atoms with Crippen LogP contribution in [0.5, 0.6) is 0 Å². The molecule has 0 aliphatic carbocycles. The molecule has 0 amide bonds. The third-order valence-corrected chi connectivity index (χ3v) is 3.25. The normalized spacial score (nSPS) is 25.3. The van der Waals surface area contributed by atoms with E-state index >= 15 is 0 Å². The zero-order chi connectivity index (χ0) is 11.9. The lowest BCUT2D eigenvalue weighted by Crippen LogP contribution is -2.39. The lowest BCUT2D eigenvalue weighted by atomic mass is 9.93. The van der Waals surface area contributed by atoms with Gasteiger partial charge in [0.05, 0.1) is 0 Å². The molecule has 1 fully saturated rings. The van der Waals surface area contributed by atoms with Gasteiger partial charge in [0.25, 0.3) is 0 Å². The number of benzene rings is 1. The highest BCUT2D eigenvalue weighted by Crippen LogP contribution is 2.36. The molecule has 90 valence electrons. The monoisotopic (exact) mass is 237 g/mol. The molecular weight excluding hydrogens is 224 g/mol. The van der Waals surface area contributed by atoms with Crippen molar-refractivity contribution in [3.8, 4) is 0 Å². The average Bonchev–Trinajstić information content (AvgIpc) is 2.73. The van der Waals surface area contributed by atoms with Gasteiger partial charge >= 0.3 is 0 Å². The van der Waals surface area contributed by atoms with Crippen molar-refractivity contribution in [1.82, 2.24) is 5.32 Å². The van der Waals surface area contributed by atoms with Gasteiger partial charge < -0.3 is 9.73 Å². The second-order valence-corrected chi connectivity index (χ2v) is 4.54. The molecule has 2 heterocycles. The van der Waals surface area contributed by atoms with Crippen molar-refractivity contribution in [3.63, 3.8) is 0 Å². The maximum atomic E-state index is 14.6. The highest BCUT2D eigenvalue weighted by molar-refractivity contribution is 5.78. The first-order chi connectivity index (χ1) is 8.17. The van der Waals surface area contributed by atoms with Gasteiger partial charge in [-0.2, -0.15) is 0 Å². The third kappa shape index (κ3) is 1.82. The summed E-state index contributed by atoms with van der Waals surface area (Å²) in [7, 11) is 0. The zero-order valence-electron chi connectivity index (χ0n) is 9.30. The summed E-state index contributed by atoms with van der Waals surface area (Å²) in [6.45, 7) is 1.09. The molecule has 2 aromatic rings.